The number of aliphatic carboxylic acids is 1. The molecule has 0 saturated heterocycles. The van der Waals surface area contributed by atoms with E-state index >= 15 is 0 Å². The fourth-order valence-corrected chi connectivity index (χ4v) is 1.33. The normalized spacial score (nSPS) is 9.50. The molecule has 0 heterocycles. The molecule has 0 aliphatic heterocycles. The van der Waals surface area contributed by atoms with Crippen molar-refractivity contribution in [2.75, 3.05) is 18.5 Å². The van der Waals surface area contributed by atoms with Gasteiger partial charge in [-0.1, -0.05) is 17.7 Å². The molecule has 2 amide bonds. The molecule has 0 aromatic heterocycles. The van der Waals surface area contributed by atoms with Crippen LogP contribution < -0.4 is 15.4 Å². The first-order valence-corrected chi connectivity index (χ1v) is 6.10. The molecule has 0 saturated carbocycles. The van der Waals surface area contributed by atoms with Gasteiger partial charge in [-0.25, -0.2) is 9.59 Å². The van der Waals surface area contributed by atoms with E-state index < -0.39 is 12.6 Å². The zero-order valence-electron chi connectivity index (χ0n) is 11.5. The molecule has 0 spiro atoms. The van der Waals surface area contributed by atoms with Crippen LogP contribution >= 0.6 is 0 Å². The van der Waals surface area contributed by atoms with Crippen LogP contribution in [-0.2, 0) is 4.79 Å². The number of hydrogen-bond acceptors (Lipinski definition) is 3. The van der Waals surface area contributed by atoms with Crippen LogP contribution in [-0.4, -0.2) is 30.3 Å². The molecule has 0 aliphatic carbocycles. The third kappa shape index (κ3) is 6.44. The Morgan fingerprint density at radius 1 is 1.35 bits per heavy atom. The van der Waals surface area contributed by atoms with Crippen molar-refractivity contribution in [2.24, 2.45) is 0 Å². The summed E-state index contributed by atoms with van der Waals surface area (Å²) in [6.07, 6.45) is 1.89. The third-order valence-corrected chi connectivity index (χ3v) is 2.23. The summed E-state index contributed by atoms with van der Waals surface area (Å²) < 4.78 is 5.02. The molecule has 108 valence electrons. The van der Waals surface area contributed by atoms with Gasteiger partial charge < -0.3 is 20.5 Å². The highest BCUT2D eigenvalue weighted by molar-refractivity contribution is 5.89. The van der Waals surface area contributed by atoms with Crippen molar-refractivity contribution in [1.82, 2.24) is 5.32 Å². The second-order valence-electron chi connectivity index (χ2n) is 4.33. The van der Waals surface area contributed by atoms with Gasteiger partial charge in [0.2, 0.25) is 0 Å². The van der Waals surface area contributed by atoms with Gasteiger partial charge in [0.15, 0.2) is 6.61 Å². The molecule has 0 fully saturated rings. The standard InChI is InChI=1S/C14H18N2O4/c1-10(2)6-7-15-14(19)16-11-4-3-5-12(8-11)20-9-13(17)18/h3-6,8H,7,9H2,1-2H3,(H,17,18)(H2,15,16,19). The summed E-state index contributed by atoms with van der Waals surface area (Å²) in [4.78, 5) is 22.0. The Morgan fingerprint density at radius 2 is 2.10 bits per heavy atom. The molecule has 1 rings (SSSR count). The van der Waals surface area contributed by atoms with Gasteiger partial charge in [-0.3, -0.25) is 0 Å². The topological polar surface area (TPSA) is 87.7 Å². The summed E-state index contributed by atoms with van der Waals surface area (Å²) in [5, 5.41) is 13.8. The molecule has 0 atom stereocenters. The predicted molar refractivity (Wildman–Crippen MR) is 76.0 cm³/mol. The summed E-state index contributed by atoms with van der Waals surface area (Å²) in [5.41, 5.74) is 1.65. The smallest absolute Gasteiger partial charge is 0.341 e. The first kappa shape index (κ1) is 15.6. The first-order valence-electron chi connectivity index (χ1n) is 6.10. The van der Waals surface area contributed by atoms with Crippen molar-refractivity contribution in [3.8, 4) is 5.75 Å². The van der Waals surface area contributed by atoms with E-state index in [1.807, 2.05) is 19.9 Å². The number of carbonyl (C=O) groups excluding carboxylic acids is 1. The van der Waals surface area contributed by atoms with Crippen LogP contribution in [0.25, 0.3) is 0 Å². The molecule has 0 radical (unpaired) electrons. The first-order chi connectivity index (χ1) is 9.47. The minimum absolute atomic E-state index is 0.335. The Morgan fingerprint density at radius 3 is 2.75 bits per heavy atom. The van der Waals surface area contributed by atoms with Crippen LogP contribution in [0.2, 0.25) is 0 Å². The fraction of sp³-hybridized carbons (Fsp3) is 0.286. The zero-order valence-corrected chi connectivity index (χ0v) is 11.5. The van der Waals surface area contributed by atoms with Crippen molar-refractivity contribution >= 4 is 17.7 Å². The number of ether oxygens (including phenoxy) is 1. The van der Waals surface area contributed by atoms with Crippen molar-refractivity contribution in [3.63, 3.8) is 0 Å². The maximum absolute atomic E-state index is 11.6. The van der Waals surface area contributed by atoms with Crippen molar-refractivity contribution in [2.45, 2.75) is 13.8 Å². The van der Waals surface area contributed by atoms with Crippen molar-refractivity contribution < 1.29 is 19.4 Å². The van der Waals surface area contributed by atoms with Crippen LogP contribution in [0.3, 0.4) is 0 Å². The minimum Gasteiger partial charge on any atom is -0.482 e. The monoisotopic (exact) mass is 278 g/mol. The number of urea groups is 1. The number of amides is 2. The van der Waals surface area contributed by atoms with E-state index in [0.29, 0.717) is 18.0 Å². The van der Waals surface area contributed by atoms with Crippen LogP contribution in [0.4, 0.5) is 10.5 Å². The highest BCUT2D eigenvalue weighted by Crippen LogP contribution is 2.17. The number of rotatable bonds is 6. The number of carbonyl (C=O) groups is 2. The van der Waals surface area contributed by atoms with Crippen LogP contribution in [0.15, 0.2) is 35.9 Å². The number of nitrogens with one attached hydrogen (secondary N) is 2. The number of carboxylic acids is 1. The van der Waals surface area contributed by atoms with E-state index in [1.54, 1.807) is 24.3 Å². The molecular weight excluding hydrogens is 260 g/mol. The van der Waals surface area contributed by atoms with Crippen LogP contribution in [0.1, 0.15) is 13.8 Å². The Bertz CT molecular complexity index is 508. The van der Waals surface area contributed by atoms with E-state index in [2.05, 4.69) is 10.6 Å². The van der Waals surface area contributed by atoms with Crippen LogP contribution in [0.5, 0.6) is 5.75 Å². The van der Waals surface area contributed by atoms with Gasteiger partial charge in [0.25, 0.3) is 0 Å². The lowest BCUT2D eigenvalue weighted by atomic mass is 10.3. The SMILES string of the molecule is CC(C)=CCNC(=O)Nc1cccc(OCC(=O)O)c1. The summed E-state index contributed by atoms with van der Waals surface area (Å²) in [6, 6.07) is 6.20. The number of hydrogen-bond donors (Lipinski definition) is 3. The summed E-state index contributed by atoms with van der Waals surface area (Å²) in [6.45, 7) is 3.92. The largest absolute Gasteiger partial charge is 0.482 e. The lowest BCUT2D eigenvalue weighted by Crippen LogP contribution is -2.28. The van der Waals surface area contributed by atoms with Gasteiger partial charge in [-0.05, 0) is 26.0 Å². The molecule has 0 bridgehead atoms. The molecule has 1 aromatic rings. The molecule has 3 N–H and O–H groups in total. The molecule has 0 aliphatic rings. The second-order valence-corrected chi connectivity index (χ2v) is 4.33. The molecule has 6 nitrogen and oxygen atoms in total. The lowest BCUT2D eigenvalue weighted by molar-refractivity contribution is -0.139. The molecular formula is C14H18N2O4. The van der Waals surface area contributed by atoms with Gasteiger partial charge in [0.05, 0.1) is 0 Å². The van der Waals surface area contributed by atoms with E-state index in [4.69, 9.17) is 9.84 Å². The van der Waals surface area contributed by atoms with Gasteiger partial charge in [-0.15, -0.1) is 0 Å². The lowest BCUT2D eigenvalue weighted by Gasteiger charge is -2.08. The average molecular weight is 278 g/mol. The average Bonchev–Trinajstić information content (AvgIpc) is 2.36. The van der Waals surface area contributed by atoms with Gasteiger partial charge in [0, 0.05) is 18.3 Å². The highest BCUT2D eigenvalue weighted by Gasteiger charge is 2.03. The number of anilines is 1. The van der Waals surface area contributed by atoms with Crippen molar-refractivity contribution in [3.05, 3.63) is 35.9 Å². The van der Waals surface area contributed by atoms with Gasteiger partial charge in [-0.2, -0.15) is 0 Å². The van der Waals surface area contributed by atoms with Gasteiger partial charge >= 0.3 is 12.0 Å². The van der Waals surface area contributed by atoms with E-state index in [1.165, 1.54) is 0 Å². The number of carboxylic acid groups (broad SMARTS) is 1. The summed E-state index contributed by atoms with van der Waals surface area (Å²) >= 11 is 0. The summed E-state index contributed by atoms with van der Waals surface area (Å²) in [5.74, 6) is -0.669. The molecule has 1 aromatic carbocycles. The Balaban J connectivity index is 2.50. The maximum atomic E-state index is 11.6. The quantitative estimate of drug-likeness (QED) is 0.696. The van der Waals surface area contributed by atoms with E-state index in [0.717, 1.165) is 5.57 Å². The maximum Gasteiger partial charge on any atom is 0.341 e. The molecule has 0 unspecified atom stereocenters. The second kappa shape index (κ2) is 7.83. The Kier molecular flexibility index (Phi) is 6.09. The zero-order chi connectivity index (χ0) is 15.0. The van der Waals surface area contributed by atoms with E-state index in [-0.39, 0.29) is 6.03 Å². The Labute approximate surface area is 117 Å². The van der Waals surface area contributed by atoms with Gasteiger partial charge in [0.1, 0.15) is 5.75 Å². The third-order valence-electron chi connectivity index (χ3n) is 2.23. The minimum atomic E-state index is -1.05. The van der Waals surface area contributed by atoms with E-state index in [9.17, 15) is 9.59 Å². The molecule has 6 heteroatoms. The predicted octanol–water partition coefficient (Wildman–Crippen LogP) is 2.24. The number of allylic oxidation sites excluding steroid dienone is 1. The fourth-order valence-electron chi connectivity index (χ4n) is 1.33. The highest BCUT2D eigenvalue weighted by atomic mass is 16.5. The Hall–Kier alpha value is -2.50. The molecule has 20 heavy (non-hydrogen) atoms. The number of benzene rings is 1. The van der Waals surface area contributed by atoms with Crippen LogP contribution in [0, 0.1) is 0 Å². The van der Waals surface area contributed by atoms with Crippen molar-refractivity contribution in [1.29, 1.82) is 0 Å². The summed E-state index contributed by atoms with van der Waals surface area (Å²) in [7, 11) is 0.